The zero-order valence-corrected chi connectivity index (χ0v) is 13.7. The Balaban J connectivity index is 2.26. The molecule has 6 heteroatoms. The Hall–Kier alpha value is -1.15. The van der Waals surface area contributed by atoms with Crippen molar-refractivity contribution in [2.24, 2.45) is 0 Å². The van der Waals surface area contributed by atoms with E-state index < -0.39 is 11.6 Å². The summed E-state index contributed by atoms with van der Waals surface area (Å²) in [6.07, 6.45) is 1.17. The second-order valence-electron chi connectivity index (χ2n) is 5.28. The van der Waals surface area contributed by atoms with Gasteiger partial charge in [-0.2, -0.15) is 0 Å². The number of aromatic nitrogens is 1. The van der Waals surface area contributed by atoms with Crippen LogP contribution in [-0.2, 0) is 21.6 Å². The first-order valence-corrected chi connectivity index (χ1v) is 7.91. The van der Waals surface area contributed by atoms with E-state index in [-0.39, 0.29) is 12.2 Å². The Kier molecular flexibility index (Phi) is 3.69. The smallest absolute Gasteiger partial charge is 0.306 e. The van der Waals surface area contributed by atoms with Crippen LogP contribution in [0.1, 0.15) is 31.0 Å². The third kappa shape index (κ3) is 2.24. The van der Waals surface area contributed by atoms with Crippen molar-refractivity contribution in [1.29, 1.82) is 0 Å². The summed E-state index contributed by atoms with van der Waals surface area (Å²) in [6, 6.07) is 3.22. The molecule has 1 aromatic heterocycles. The van der Waals surface area contributed by atoms with Gasteiger partial charge in [-0.05, 0) is 53.1 Å². The number of halogens is 2. The van der Waals surface area contributed by atoms with E-state index in [0.717, 1.165) is 22.2 Å². The second-order valence-corrected chi connectivity index (χ2v) is 6.36. The van der Waals surface area contributed by atoms with Crippen molar-refractivity contribution in [1.82, 2.24) is 4.98 Å². The first kappa shape index (κ1) is 14.8. The summed E-state index contributed by atoms with van der Waals surface area (Å²) < 4.78 is 20.1. The normalized spacial score (nSPS) is 21.5. The van der Waals surface area contributed by atoms with E-state index in [1.807, 2.05) is 29.5 Å². The monoisotopic (exact) mass is 403 g/mol. The molecule has 0 saturated carbocycles. The van der Waals surface area contributed by atoms with E-state index in [1.165, 1.54) is 6.07 Å². The predicted molar refractivity (Wildman–Crippen MR) is 84.9 cm³/mol. The van der Waals surface area contributed by atoms with Gasteiger partial charge in [-0.15, -0.1) is 0 Å². The maximum atomic E-state index is 13.7. The topological polar surface area (TPSA) is 62.3 Å². The Bertz CT molecular complexity index is 727. The summed E-state index contributed by atoms with van der Waals surface area (Å²) >= 11 is 1.97. The van der Waals surface area contributed by atoms with Gasteiger partial charge < -0.3 is 14.8 Å². The SMILES string of the molecule is CCC1(CC(=O)O)OCCc2c1[nH]c1c(I)c(F)ccc21. The Morgan fingerprint density at radius 1 is 1.57 bits per heavy atom. The van der Waals surface area contributed by atoms with Crippen LogP contribution in [0, 0.1) is 9.39 Å². The summed E-state index contributed by atoms with van der Waals surface area (Å²) in [4.78, 5) is 14.5. The molecule has 1 unspecified atom stereocenters. The van der Waals surface area contributed by atoms with Crippen LogP contribution in [0.25, 0.3) is 10.9 Å². The summed E-state index contributed by atoms with van der Waals surface area (Å²) in [5.74, 6) is -1.17. The molecule has 4 nitrogen and oxygen atoms in total. The molecule has 1 aromatic carbocycles. The fourth-order valence-corrected chi connectivity index (χ4v) is 3.72. The molecule has 1 aliphatic rings. The van der Waals surface area contributed by atoms with Crippen molar-refractivity contribution < 1.29 is 19.0 Å². The van der Waals surface area contributed by atoms with Gasteiger partial charge in [0.05, 0.1) is 27.8 Å². The minimum absolute atomic E-state index is 0.0949. The van der Waals surface area contributed by atoms with Gasteiger partial charge in [0.2, 0.25) is 0 Å². The lowest BCUT2D eigenvalue weighted by molar-refractivity contribution is -0.148. The number of H-pyrrole nitrogens is 1. The number of aromatic amines is 1. The van der Waals surface area contributed by atoms with Crippen LogP contribution >= 0.6 is 22.6 Å². The number of aliphatic carboxylic acids is 1. The van der Waals surface area contributed by atoms with Crippen LogP contribution in [0.5, 0.6) is 0 Å². The lowest BCUT2D eigenvalue weighted by Crippen LogP contribution is -2.37. The van der Waals surface area contributed by atoms with Crippen LogP contribution in [-0.4, -0.2) is 22.7 Å². The first-order valence-electron chi connectivity index (χ1n) is 6.83. The quantitative estimate of drug-likeness (QED) is 0.771. The van der Waals surface area contributed by atoms with Gasteiger partial charge in [0.15, 0.2) is 0 Å². The zero-order chi connectivity index (χ0) is 15.2. The molecule has 2 aromatic rings. The van der Waals surface area contributed by atoms with E-state index in [0.29, 0.717) is 23.0 Å². The van der Waals surface area contributed by atoms with Crippen molar-refractivity contribution in [3.63, 3.8) is 0 Å². The van der Waals surface area contributed by atoms with Gasteiger partial charge in [0.25, 0.3) is 0 Å². The van der Waals surface area contributed by atoms with E-state index in [9.17, 15) is 14.3 Å². The molecular formula is C15H15FINO3. The summed E-state index contributed by atoms with van der Waals surface area (Å²) in [5, 5.41) is 10.2. The molecule has 112 valence electrons. The van der Waals surface area contributed by atoms with Crippen LogP contribution in [0.2, 0.25) is 0 Å². The van der Waals surface area contributed by atoms with Crippen LogP contribution in [0.15, 0.2) is 12.1 Å². The van der Waals surface area contributed by atoms with E-state index >= 15 is 0 Å². The predicted octanol–water partition coefficient (Wildman–Crippen LogP) is 3.56. The number of hydrogen-bond donors (Lipinski definition) is 2. The second kappa shape index (κ2) is 5.24. The maximum Gasteiger partial charge on any atom is 0.306 e. The highest BCUT2D eigenvalue weighted by atomic mass is 127. The number of hydrogen-bond acceptors (Lipinski definition) is 2. The molecule has 1 atom stereocenters. The number of carboxylic acids is 1. The molecule has 21 heavy (non-hydrogen) atoms. The van der Waals surface area contributed by atoms with Crippen LogP contribution in [0.4, 0.5) is 4.39 Å². The van der Waals surface area contributed by atoms with Crippen molar-refractivity contribution in [2.45, 2.75) is 31.8 Å². The molecule has 2 heterocycles. The van der Waals surface area contributed by atoms with E-state index in [2.05, 4.69) is 4.98 Å². The van der Waals surface area contributed by atoms with Crippen molar-refractivity contribution in [2.75, 3.05) is 6.61 Å². The highest BCUT2D eigenvalue weighted by molar-refractivity contribution is 14.1. The third-order valence-corrected chi connectivity index (χ3v) is 5.22. The third-order valence-electron chi connectivity index (χ3n) is 4.17. The van der Waals surface area contributed by atoms with Crippen molar-refractivity contribution >= 4 is 39.5 Å². The lowest BCUT2D eigenvalue weighted by Gasteiger charge is -2.35. The van der Waals surface area contributed by atoms with Crippen molar-refractivity contribution in [3.05, 3.63) is 32.8 Å². The number of fused-ring (bicyclic) bond motifs is 3. The molecule has 0 saturated heterocycles. The number of nitrogens with one attached hydrogen (secondary N) is 1. The molecule has 0 radical (unpaired) electrons. The van der Waals surface area contributed by atoms with Gasteiger partial charge in [-0.1, -0.05) is 6.92 Å². The highest BCUT2D eigenvalue weighted by Crippen LogP contribution is 2.42. The van der Waals surface area contributed by atoms with Gasteiger partial charge in [0.1, 0.15) is 11.4 Å². The average Bonchev–Trinajstić information content (AvgIpc) is 2.83. The molecule has 3 rings (SSSR count). The van der Waals surface area contributed by atoms with Crippen LogP contribution < -0.4 is 0 Å². The van der Waals surface area contributed by atoms with Gasteiger partial charge >= 0.3 is 5.97 Å². The summed E-state index contributed by atoms with van der Waals surface area (Å²) in [6.45, 7) is 2.39. The first-order chi connectivity index (χ1) is 9.98. The fraction of sp³-hybridized carbons (Fsp3) is 0.400. The number of ether oxygens (including phenoxy) is 1. The standard InChI is InChI=1S/C15H15FINO3/c1-2-15(7-11(19)20)14-9(5-6-21-15)8-3-4-10(16)12(17)13(8)18-14/h3-4,18H,2,5-7H2,1H3,(H,19,20). The van der Waals surface area contributed by atoms with E-state index in [4.69, 9.17) is 4.74 Å². The number of carbonyl (C=O) groups is 1. The number of rotatable bonds is 3. The maximum absolute atomic E-state index is 13.7. The Labute approximate surface area is 134 Å². The van der Waals surface area contributed by atoms with Gasteiger partial charge in [0, 0.05) is 5.39 Å². The highest BCUT2D eigenvalue weighted by Gasteiger charge is 2.41. The molecule has 0 fully saturated rings. The molecular weight excluding hydrogens is 388 g/mol. The van der Waals surface area contributed by atoms with Gasteiger partial charge in [-0.25, -0.2) is 4.39 Å². The molecule has 0 bridgehead atoms. The van der Waals surface area contributed by atoms with Crippen molar-refractivity contribution in [3.8, 4) is 0 Å². The fourth-order valence-electron chi connectivity index (χ4n) is 3.12. The minimum atomic E-state index is -0.899. The summed E-state index contributed by atoms with van der Waals surface area (Å²) in [7, 11) is 0. The average molecular weight is 403 g/mol. The molecule has 0 amide bonds. The van der Waals surface area contributed by atoms with E-state index in [1.54, 1.807) is 6.07 Å². The molecule has 2 N–H and O–H groups in total. The van der Waals surface area contributed by atoms with Crippen LogP contribution in [0.3, 0.4) is 0 Å². The molecule has 1 aliphatic heterocycles. The van der Waals surface area contributed by atoms with Gasteiger partial charge in [-0.3, -0.25) is 4.79 Å². The number of benzene rings is 1. The Morgan fingerprint density at radius 3 is 3.00 bits per heavy atom. The summed E-state index contributed by atoms with van der Waals surface area (Å²) in [5.41, 5.74) is 1.72. The Morgan fingerprint density at radius 2 is 2.33 bits per heavy atom. The number of carboxylic acid groups (broad SMARTS) is 1. The minimum Gasteiger partial charge on any atom is -0.481 e. The lowest BCUT2D eigenvalue weighted by atomic mass is 9.86. The largest absolute Gasteiger partial charge is 0.481 e. The molecule has 0 aliphatic carbocycles. The molecule has 0 spiro atoms. The zero-order valence-electron chi connectivity index (χ0n) is 11.5.